The Morgan fingerprint density at radius 3 is 1.98 bits per heavy atom. The number of anilines is 2. The van der Waals surface area contributed by atoms with Crippen LogP contribution in [-0.2, 0) is 22.7 Å². The second-order valence-electron chi connectivity index (χ2n) is 9.73. The average Bonchev–Trinajstić information content (AvgIpc) is 3.43. The summed E-state index contributed by atoms with van der Waals surface area (Å²) in [5.74, 6) is -0.624. The highest BCUT2D eigenvalue weighted by Gasteiger charge is 2.27. The van der Waals surface area contributed by atoms with E-state index >= 15 is 0 Å². The number of aromatic nitrogens is 3. The van der Waals surface area contributed by atoms with Gasteiger partial charge in [-0.3, -0.25) is 15.0 Å². The Morgan fingerprint density at radius 2 is 1.43 bits per heavy atom. The van der Waals surface area contributed by atoms with Crippen LogP contribution in [0.25, 0.3) is 0 Å². The maximum Gasteiger partial charge on any atom is 0.243 e. The lowest BCUT2D eigenvalue weighted by Crippen LogP contribution is -2.48. The van der Waals surface area contributed by atoms with E-state index in [1.165, 1.54) is 0 Å². The number of guanidine groups is 1. The first-order chi connectivity index (χ1) is 20.4. The van der Waals surface area contributed by atoms with E-state index in [1.54, 1.807) is 0 Å². The van der Waals surface area contributed by atoms with Crippen molar-refractivity contribution in [1.29, 1.82) is 5.41 Å². The molecule has 0 fully saturated rings. The lowest BCUT2D eigenvalue weighted by Gasteiger charge is -2.23. The third-order valence-corrected chi connectivity index (χ3v) is 6.59. The number of nitrogens with zero attached hydrogens (tertiary/aromatic N) is 2. The van der Waals surface area contributed by atoms with Crippen molar-refractivity contribution in [1.82, 2.24) is 31.1 Å². The van der Waals surface area contributed by atoms with Crippen LogP contribution in [0.3, 0.4) is 0 Å². The van der Waals surface area contributed by atoms with Crippen LogP contribution in [0.2, 0.25) is 0 Å². The summed E-state index contributed by atoms with van der Waals surface area (Å²) in [6, 6.07) is 25.9. The van der Waals surface area contributed by atoms with E-state index in [-0.39, 0.29) is 23.7 Å². The van der Waals surface area contributed by atoms with E-state index in [4.69, 9.17) is 16.9 Å². The first-order valence-corrected chi connectivity index (χ1v) is 13.6. The summed E-state index contributed by atoms with van der Waals surface area (Å²) in [6.45, 7) is 1.21. The highest BCUT2D eigenvalue weighted by Crippen LogP contribution is 2.25. The number of benzene rings is 3. The Labute approximate surface area is 244 Å². The predicted molar refractivity (Wildman–Crippen MR) is 162 cm³/mol. The molecule has 0 saturated carbocycles. The molecule has 1 heterocycles. The van der Waals surface area contributed by atoms with E-state index in [2.05, 4.69) is 36.4 Å². The highest BCUT2D eigenvalue weighted by molar-refractivity contribution is 5.92. The number of hydrogen-bond donors (Lipinski definition) is 8. The summed E-state index contributed by atoms with van der Waals surface area (Å²) in [5, 5.41) is 25.7. The van der Waals surface area contributed by atoms with Gasteiger partial charge in [-0.1, -0.05) is 84.9 Å². The Balaban J connectivity index is 1.40. The molecule has 3 aromatic carbocycles. The standard InChI is InChI=1S/C30H36N10O2/c31-28(32)34-17-7-12-24(37-27(42)25(22-8-3-1-4-9-22)23-10-5-2-6-11-23)26(41)35-18-20-13-15-21(16-14-20)19-36-30-38-29(33)39-40-30/h1-6,8-11,13-16,24-25H,7,12,17-19H2,(H,35,41)(H,37,42)(H4,31,32,34)(H4,33,36,38,39,40)/t24-/m1/s1. The van der Waals surface area contributed by atoms with Gasteiger partial charge in [0.2, 0.25) is 23.7 Å². The van der Waals surface area contributed by atoms with Crippen molar-refractivity contribution in [3.63, 3.8) is 0 Å². The maximum atomic E-state index is 13.7. The molecule has 0 bridgehead atoms. The molecule has 218 valence electrons. The molecule has 1 aromatic heterocycles. The number of nitrogens with one attached hydrogen (secondary N) is 6. The number of amides is 2. The predicted octanol–water partition coefficient (Wildman–Crippen LogP) is 2.20. The quantitative estimate of drug-likeness (QED) is 0.0642. The van der Waals surface area contributed by atoms with Gasteiger partial charge in [-0.25, -0.2) is 5.10 Å². The second-order valence-corrected chi connectivity index (χ2v) is 9.73. The van der Waals surface area contributed by atoms with Crippen LogP contribution >= 0.6 is 0 Å². The van der Waals surface area contributed by atoms with E-state index < -0.39 is 12.0 Å². The fourth-order valence-corrected chi connectivity index (χ4v) is 4.46. The third-order valence-electron chi connectivity index (χ3n) is 6.59. The number of hydrogen-bond acceptors (Lipinski definition) is 7. The van der Waals surface area contributed by atoms with Crippen LogP contribution in [0, 0.1) is 5.41 Å². The van der Waals surface area contributed by atoms with Crippen molar-refractivity contribution in [3.05, 3.63) is 107 Å². The molecule has 0 radical (unpaired) electrons. The van der Waals surface area contributed by atoms with Gasteiger partial charge in [0.05, 0.1) is 5.92 Å². The van der Waals surface area contributed by atoms with Gasteiger partial charge >= 0.3 is 0 Å². The molecule has 0 aliphatic heterocycles. The molecule has 4 aromatic rings. The monoisotopic (exact) mass is 568 g/mol. The minimum Gasteiger partial charge on any atom is -0.370 e. The number of carbonyl (C=O) groups excluding carboxylic acids is 2. The molecule has 0 spiro atoms. The lowest BCUT2D eigenvalue weighted by atomic mass is 9.90. The highest BCUT2D eigenvalue weighted by atomic mass is 16.2. The van der Waals surface area contributed by atoms with Gasteiger partial charge in [-0.05, 0) is 35.1 Å². The van der Waals surface area contributed by atoms with Crippen LogP contribution in [0.15, 0.2) is 84.9 Å². The van der Waals surface area contributed by atoms with Crippen LogP contribution in [0.1, 0.15) is 41.0 Å². The Bertz CT molecular complexity index is 1400. The third kappa shape index (κ3) is 8.81. The molecule has 0 aliphatic rings. The number of nitrogens with two attached hydrogens (primary N) is 2. The van der Waals surface area contributed by atoms with Crippen molar-refractivity contribution in [2.75, 3.05) is 17.6 Å². The summed E-state index contributed by atoms with van der Waals surface area (Å²) in [6.07, 6.45) is 0.891. The summed E-state index contributed by atoms with van der Waals surface area (Å²) < 4.78 is 0. The van der Waals surface area contributed by atoms with Gasteiger partial charge in [0.15, 0.2) is 5.96 Å². The number of carbonyl (C=O) groups is 2. The Kier molecular flexibility index (Phi) is 10.5. The molecular weight excluding hydrogens is 532 g/mol. The smallest absolute Gasteiger partial charge is 0.243 e. The summed E-state index contributed by atoms with van der Waals surface area (Å²) in [7, 11) is 0. The van der Waals surface area contributed by atoms with Gasteiger partial charge in [0.1, 0.15) is 6.04 Å². The zero-order valence-electron chi connectivity index (χ0n) is 23.1. The van der Waals surface area contributed by atoms with E-state index in [0.717, 1.165) is 22.3 Å². The van der Waals surface area contributed by atoms with Crippen molar-refractivity contribution < 1.29 is 9.59 Å². The summed E-state index contributed by atoms with van der Waals surface area (Å²) in [5.41, 5.74) is 14.5. The van der Waals surface area contributed by atoms with Crippen LogP contribution in [0.5, 0.6) is 0 Å². The number of rotatable bonds is 14. The van der Waals surface area contributed by atoms with Crippen molar-refractivity contribution in [2.45, 2.75) is 37.9 Å². The molecule has 2 amide bonds. The number of H-pyrrole nitrogens is 1. The Hall–Kier alpha value is -5.39. The Morgan fingerprint density at radius 1 is 0.833 bits per heavy atom. The molecule has 4 rings (SSSR count). The average molecular weight is 569 g/mol. The zero-order chi connectivity index (χ0) is 29.7. The van der Waals surface area contributed by atoms with Crippen LogP contribution < -0.4 is 32.7 Å². The molecule has 0 unspecified atom stereocenters. The minimum atomic E-state index is -0.779. The van der Waals surface area contributed by atoms with Crippen molar-refractivity contribution >= 4 is 29.7 Å². The SMILES string of the molecule is N=C(N)NCCC[C@@H](NC(=O)C(c1ccccc1)c1ccccc1)C(=O)NCc1ccc(CNc2n[nH]c(N)n2)cc1. The topological polar surface area (TPSA) is 200 Å². The minimum absolute atomic E-state index is 0.142. The molecule has 42 heavy (non-hydrogen) atoms. The van der Waals surface area contributed by atoms with Gasteiger partial charge in [-0.15, -0.1) is 5.10 Å². The van der Waals surface area contributed by atoms with Gasteiger partial charge in [0.25, 0.3) is 0 Å². The first-order valence-electron chi connectivity index (χ1n) is 13.6. The molecule has 12 heteroatoms. The molecular formula is C30H36N10O2. The van der Waals surface area contributed by atoms with Gasteiger partial charge in [0, 0.05) is 19.6 Å². The van der Waals surface area contributed by atoms with Gasteiger partial charge < -0.3 is 32.7 Å². The fourth-order valence-electron chi connectivity index (χ4n) is 4.46. The molecule has 0 aliphatic carbocycles. The molecule has 10 N–H and O–H groups in total. The zero-order valence-corrected chi connectivity index (χ0v) is 23.1. The molecule has 1 atom stereocenters. The molecule has 0 saturated heterocycles. The van der Waals surface area contributed by atoms with Crippen LogP contribution in [0.4, 0.5) is 11.9 Å². The maximum absolute atomic E-state index is 13.7. The number of nitrogen functional groups attached to an aromatic ring is 1. The van der Waals surface area contributed by atoms with Crippen molar-refractivity contribution in [3.8, 4) is 0 Å². The second kappa shape index (κ2) is 14.8. The van der Waals surface area contributed by atoms with E-state index in [0.29, 0.717) is 38.4 Å². The number of aromatic amines is 1. The van der Waals surface area contributed by atoms with Crippen LogP contribution in [-0.4, -0.2) is 45.5 Å². The fraction of sp³-hybridized carbons (Fsp3) is 0.233. The van der Waals surface area contributed by atoms with Gasteiger partial charge in [-0.2, -0.15) is 4.98 Å². The van der Waals surface area contributed by atoms with Crippen molar-refractivity contribution in [2.24, 2.45) is 5.73 Å². The molecule has 12 nitrogen and oxygen atoms in total. The summed E-state index contributed by atoms with van der Waals surface area (Å²) in [4.78, 5) is 31.1. The summed E-state index contributed by atoms with van der Waals surface area (Å²) >= 11 is 0. The van der Waals surface area contributed by atoms with E-state index in [1.807, 2.05) is 84.9 Å². The normalized spacial score (nSPS) is 11.5. The lowest BCUT2D eigenvalue weighted by molar-refractivity contribution is -0.129. The largest absolute Gasteiger partial charge is 0.370 e. The first kappa shape index (κ1) is 29.6. The van der Waals surface area contributed by atoms with E-state index in [9.17, 15) is 9.59 Å².